The van der Waals surface area contributed by atoms with Gasteiger partial charge in [-0.3, -0.25) is 4.68 Å². The molecule has 3 aromatic rings. The van der Waals surface area contributed by atoms with E-state index in [-0.39, 0.29) is 23.3 Å². The third-order valence-corrected chi connectivity index (χ3v) is 6.10. The molecule has 0 radical (unpaired) electrons. The van der Waals surface area contributed by atoms with Crippen molar-refractivity contribution >= 4 is 34.2 Å². The van der Waals surface area contributed by atoms with E-state index in [0.29, 0.717) is 21.1 Å². The quantitative estimate of drug-likeness (QED) is 0.498. The monoisotopic (exact) mass is 451 g/mol. The highest BCUT2D eigenvalue weighted by atomic mass is 35.5. The first-order chi connectivity index (χ1) is 14.3. The summed E-state index contributed by atoms with van der Waals surface area (Å²) >= 11 is 13.2. The first kappa shape index (κ1) is 22.6. The Morgan fingerprint density at radius 2 is 1.87 bits per heavy atom. The van der Waals surface area contributed by atoms with Crippen LogP contribution in [0.2, 0.25) is 10.0 Å². The van der Waals surface area contributed by atoms with Gasteiger partial charge in [0.05, 0.1) is 41.3 Å². The zero-order chi connectivity index (χ0) is 21.9. The Morgan fingerprint density at radius 3 is 2.47 bits per heavy atom. The fourth-order valence-electron chi connectivity index (χ4n) is 3.25. The molecule has 0 fully saturated rings. The number of ether oxygens (including phenoxy) is 2. The first-order valence-electron chi connectivity index (χ1n) is 9.83. The normalized spacial score (nSPS) is 12.9. The summed E-state index contributed by atoms with van der Waals surface area (Å²) in [5.41, 5.74) is 1.98. The second kappa shape index (κ2) is 9.37. The number of nitrogens with zero attached hydrogens (tertiary/aromatic N) is 4. The van der Waals surface area contributed by atoms with E-state index in [2.05, 4.69) is 41.2 Å². The molecule has 30 heavy (non-hydrogen) atoms. The Hall–Kier alpha value is -2.09. The van der Waals surface area contributed by atoms with Gasteiger partial charge in [-0.15, -0.1) is 0 Å². The highest BCUT2D eigenvalue weighted by Crippen LogP contribution is 2.40. The number of aromatic nitrogens is 4. The molecule has 1 unspecified atom stereocenters. The zero-order valence-corrected chi connectivity index (χ0v) is 19.4. The van der Waals surface area contributed by atoms with Crippen molar-refractivity contribution < 1.29 is 9.47 Å². The number of hydrogen-bond donors (Lipinski definition) is 1. The van der Waals surface area contributed by atoms with Crippen molar-refractivity contribution in [1.29, 1.82) is 0 Å². The molecular formula is C21H27Cl2N5O2. The lowest BCUT2D eigenvalue weighted by molar-refractivity contribution is 0.334. The van der Waals surface area contributed by atoms with Gasteiger partial charge in [0.25, 0.3) is 11.8 Å². The smallest absolute Gasteiger partial charge is 0.278 e. The van der Waals surface area contributed by atoms with Crippen LogP contribution >= 0.6 is 23.2 Å². The summed E-state index contributed by atoms with van der Waals surface area (Å²) in [6, 6.07) is 3.38. The van der Waals surface area contributed by atoms with Gasteiger partial charge in [0.2, 0.25) is 0 Å². The molecule has 3 rings (SSSR count). The predicted octanol–water partition coefficient (Wildman–Crippen LogP) is 4.91. The van der Waals surface area contributed by atoms with E-state index in [1.54, 1.807) is 12.3 Å². The van der Waals surface area contributed by atoms with Gasteiger partial charge in [-0.2, -0.15) is 5.10 Å². The van der Waals surface area contributed by atoms with Crippen molar-refractivity contribution in [2.45, 2.75) is 45.2 Å². The third-order valence-electron chi connectivity index (χ3n) is 5.29. The summed E-state index contributed by atoms with van der Waals surface area (Å²) in [5.74, 6) is 0.574. The van der Waals surface area contributed by atoms with Crippen LogP contribution in [0, 0.1) is 0 Å². The Kier molecular flexibility index (Phi) is 7.06. The predicted molar refractivity (Wildman–Crippen MR) is 120 cm³/mol. The topological polar surface area (TPSA) is 74.1 Å². The Labute approximate surface area is 186 Å². The molecule has 0 saturated carbocycles. The zero-order valence-electron chi connectivity index (χ0n) is 17.9. The number of halogens is 2. The van der Waals surface area contributed by atoms with Crippen LogP contribution in [0.3, 0.4) is 0 Å². The number of methoxy groups -OCH3 is 2. The Morgan fingerprint density at radius 1 is 1.17 bits per heavy atom. The number of hydrogen-bond acceptors (Lipinski definition) is 6. The largest absolute Gasteiger partial charge is 0.477 e. The summed E-state index contributed by atoms with van der Waals surface area (Å²) < 4.78 is 12.5. The maximum absolute atomic E-state index is 6.72. The molecule has 0 amide bonds. The fourth-order valence-corrected chi connectivity index (χ4v) is 3.72. The maximum Gasteiger partial charge on any atom is 0.278 e. The van der Waals surface area contributed by atoms with Crippen molar-refractivity contribution in [2.24, 2.45) is 0 Å². The minimum absolute atomic E-state index is 0.0330. The number of benzene rings is 1. The van der Waals surface area contributed by atoms with Gasteiger partial charge in [-0.05, 0) is 45.4 Å². The second-order valence-corrected chi connectivity index (χ2v) is 8.44. The van der Waals surface area contributed by atoms with Crippen LogP contribution in [0.5, 0.6) is 11.8 Å². The average Bonchev–Trinajstić information content (AvgIpc) is 3.26. The van der Waals surface area contributed by atoms with E-state index in [9.17, 15) is 0 Å². The van der Waals surface area contributed by atoms with Crippen LogP contribution in [-0.2, 0) is 0 Å². The summed E-state index contributed by atoms with van der Waals surface area (Å²) in [7, 11) is 3.04. The SMILES string of the molecule is CCC(C)(C)NCCC(c1c(Cl)c(Cl)cc2nc(OC)c(OC)nc12)n1cccn1. The van der Waals surface area contributed by atoms with Crippen molar-refractivity contribution in [2.75, 3.05) is 20.8 Å². The molecule has 1 atom stereocenters. The average molecular weight is 452 g/mol. The van der Waals surface area contributed by atoms with E-state index in [4.69, 9.17) is 32.7 Å². The van der Waals surface area contributed by atoms with Gasteiger partial charge in [0.15, 0.2) is 0 Å². The lowest BCUT2D eigenvalue weighted by Gasteiger charge is -2.27. The summed E-state index contributed by atoms with van der Waals surface area (Å²) in [4.78, 5) is 9.18. The van der Waals surface area contributed by atoms with Crippen LogP contribution < -0.4 is 14.8 Å². The lowest BCUT2D eigenvalue weighted by Crippen LogP contribution is -2.39. The molecule has 9 heteroatoms. The fraction of sp³-hybridized carbons (Fsp3) is 0.476. The third kappa shape index (κ3) is 4.63. The first-order valence-corrected chi connectivity index (χ1v) is 10.6. The Bertz CT molecular complexity index is 1010. The summed E-state index contributed by atoms with van der Waals surface area (Å²) in [6.45, 7) is 7.28. The molecule has 0 aliphatic carbocycles. The van der Waals surface area contributed by atoms with Crippen molar-refractivity contribution in [3.63, 3.8) is 0 Å². The van der Waals surface area contributed by atoms with Gasteiger partial charge in [0.1, 0.15) is 0 Å². The van der Waals surface area contributed by atoms with E-state index < -0.39 is 0 Å². The number of rotatable bonds is 9. The standard InChI is InChI=1S/C21H27Cl2N5O2/c1-6-21(2,3)24-10-8-15(28-11-7-9-25-28)16-17(23)13(22)12-14-18(16)27-20(30-5)19(26-14)29-4/h7,9,11-12,15,24H,6,8,10H2,1-5H3. The van der Waals surface area contributed by atoms with Crippen LogP contribution in [0.15, 0.2) is 24.5 Å². The van der Waals surface area contributed by atoms with Crippen LogP contribution in [0.1, 0.15) is 45.2 Å². The van der Waals surface area contributed by atoms with E-state index >= 15 is 0 Å². The van der Waals surface area contributed by atoms with Gasteiger partial charge in [-0.1, -0.05) is 30.1 Å². The molecule has 2 aromatic heterocycles. The van der Waals surface area contributed by atoms with Crippen LogP contribution in [0.4, 0.5) is 0 Å². The van der Waals surface area contributed by atoms with E-state index in [1.807, 2.05) is 16.9 Å². The molecule has 1 N–H and O–H groups in total. The second-order valence-electron chi connectivity index (χ2n) is 7.65. The molecular weight excluding hydrogens is 425 g/mol. The van der Waals surface area contributed by atoms with Gasteiger partial charge < -0.3 is 14.8 Å². The van der Waals surface area contributed by atoms with Crippen molar-refractivity contribution in [3.05, 3.63) is 40.1 Å². The molecule has 162 valence electrons. The molecule has 7 nitrogen and oxygen atoms in total. The minimum Gasteiger partial charge on any atom is -0.477 e. The molecule has 2 heterocycles. The summed E-state index contributed by atoms with van der Waals surface area (Å²) in [6.07, 6.45) is 5.40. The lowest BCUT2D eigenvalue weighted by atomic mass is 9.99. The van der Waals surface area contributed by atoms with E-state index in [1.165, 1.54) is 14.2 Å². The molecule has 0 aliphatic heterocycles. The van der Waals surface area contributed by atoms with Crippen LogP contribution in [0.25, 0.3) is 11.0 Å². The van der Waals surface area contributed by atoms with Gasteiger partial charge in [-0.25, -0.2) is 9.97 Å². The molecule has 0 saturated heterocycles. The minimum atomic E-state index is -0.193. The molecule has 1 aromatic carbocycles. The molecule has 0 bridgehead atoms. The van der Waals surface area contributed by atoms with Crippen LogP contribution in [-0.4, -0.2) is 46.1 Å². The molecule has 0 aliphatic rings. The highest BCUT2D eigenvalue weighted by molar-refractivity contribution is 6.43. The highest BCUT2D eigenvalue weighted by Gasteiger charge is 2.26. The van der Waals surface area contributed by atoms with Crippen molar-refractivity contribution in [1.82, 2.24) is 25.1 Å². The number of fused-ring (bicyclic) bond motifs is 1. The Balaban J connectivity index is 2.14. The van der Waals surface area contributed by atoms with E-state index in [0.717, 1.165) is 24.9 Å². The summed E-state index contributed by atoms with van der Waals surface area (Å²) in [5, 5.41) is 8.89. The van der Waals surface area contributed by atoms with Crippen molar-refractivity contribution in [3.8, 4) is 11.8 Å². The van der Waals surface area contributed by atoms with Gasteiger partial charge >= 0.3 is 0 Å². The maximum atomic E-state index is 6.72. The van der Waals surface area contributed by atoms with Gasteiger partial charge in [0, 0.05) is 23.5 Å². The molecule has 0 spiro atoms. The number of nitrogens with one attached hydrogen (secondary N) is 1.